The van der Waals surface area contributed by atoms with Gasteiger partial charge in [0, 0.05) is 17.4 Å². The fourth-order valence-corrected chi connectivity index (χ4v) is 2.92. The van der Waals surface area contributed by atoms with Crippen LogP contribution in [-0.4, -0.2) is 10.4 Å². The van der Waals surface area contributed by atoms with Gasteiger partial charge in [-0.25, -0.2) is 0 Å². The van der Waals surface area contributed by atoms with Crippen LogP contribution in [0.2, 0.25) is 0 Å². The molecule has 0 aliphatic carbocycles. The second kappa shape index (κ2) is 5.50. The van der Waals surface area contributed by atoms with Crippen LogP contribution in [0.25, 0.3) is 5.69 Å². The van der Waals surface area contributed by atoms with E-state index in [-0.39, 0.29) is 5.78 Å². The van der Waals surface area contributed by atoms with Crippen molar-refractivity contribution >= 4 is 17.1 Å². The van der Waals surface area contributed by atoms with Crippen LogP contribution in [0.4, 0.5) is 0 Å². The first kappa shape index (κ1) is 13.5. The normalized spacial score (nSPS) is 10.5. The number of aromatic nitrogens is 1. The number of nitrogens with zero attached hydrogens (tertiary/aromatic N) is 1. The minimum absolute atomic E-state index is 0.0417. The van der Waals surface area contributed by atoms with Gasteiger partial charge < -0.3 is 0 Å². The molecule has 0 unspecified atom stereocenters. The molecule has 1 N–H and O–H groups in total. The Morgan fingerprint density at radius 1 is 1.05 bits per heavy atom. The van der Waals surface area contributed by atoms with Gasteiger partial charge in [-0.05, 0) is 19.1 Å². The molecule has 0 aliphatic heterocycles. The summed E-state index contributed by atoms with van der Waals surface area (Å²) < 4.78 is 1.74. The Kier molecular flexibility index (Phi) is 3.54. The quantitative estimate of drug-likeness (QED) is 0.738. The minimum Gasteiger partial charge on any atom is -0.292 e. The average molecular weight is 294 g/mol. The van der Waals surface area contributed by atoms with Crippen molar-refractivity contribution in [3.05, 3.63) is 81.6 Å². The molecule has 1 heterocycles. The molecule has 3 rings (SSSR count). The van der Waals surface area contributed by atoms with Crippen LogP contribution in [0.5, 0.6) is 0 Å². The number of benzene rings is 2. The van der Waals surface area contributed by atoms with Crippen LogP contribution < -0.4 is 4.80 Å². The van der Waals surface area contributed by atoms with Crippen molar-refractivity contribution in [2.45, 2.75) is 6.92 Å². The number of nitrogens with one attached hydrogen (secondary N) is 1. The molecular weight excluding hydrogens is 280 g/mol. The van der Waals surface area contributed by atoms with Crippen LogP contribution in [0, 0.1) is 12.3 Å². The molecule has 4 heteroatoms. The molecule has 1 aromatic heterocycles. The summed E-state index contributed by atoms with van der Waals surface area (Å²) in [5.74, 6) is -0.0417. The maximum Gasteiger partial charge on any atom is 0.204 e. The molecule has 0 amide bonds. The summed E-state index contributed by atoms with van der Waals surface area (Å²) in [6.45, 7) is 2.02. The highest BCUT2D eigenvalue weighted by Gasteiger charge is 2.13. The smallest absolute Gasteiger partial charge is 0.204 e. The molecule has 0 spiro atoms. The number of hydrogen-bond acceptors (Lipinski definition) is 3. The van der Waals surface area contributed by atoms with Gasteiger partial charge in [0.25, 0.3) is 0 Å². The van der Waals surface area contributed by atoms with Crippen LogP contribution >= 0.6 is 11.3 Å². The number of ketones is 1. The zero-order valence-electron chi connectivity index (χ0n) is 11.5. The van der Waals surface area contributed by atoms with Crippen molar-refractivity contribution in [2.24, 2.45) is 0 Å². The van der Waals surface area contributed by atoms with E-state index in [1.807, 2.05) is 49.4 Å². The molecule has 104 valence electrons. The Balaban J connectivity index is 2.00. The Morgan fingerprint density at radius 3 is 2.38 bits per heavy atom. The first-order chi connectivity index (χ1) is 10.1. The van der Waals surface area contributed by atoms with E-state index < -0.39 is 0 Å². The highest BCUT2D eigenvalue weighted by Crippen LogP contribution is 2.15. The van der Waals surface area contributed by atoms with Gasteiger partial charge >= 0.3 is 0 Å². The van der Waals surface area contributed by atoms with E-state index in [0.717, 1.165) is 5.69 Å². The second-order valence-electron chi connectivity index (χ2n) is 4.80. The number of aryl methyl sites for hydroxylation is 1. The van der Waals surface area contributed by atoms with E-state index in [2.05, 4.69) is 0 Å². The molecule has 0 aliphatic rings. The zero-order valence-corrected chi connectivity index (χ0v) is 12.4. The molecule has 21 heavy (non-hydrogen) atoms. The van der Waals surface area contributed by atoms with Gasteiger partial charge in [0.05, 0.1) is 4.88 Å². The number of carbonyl (C=O) groups is 1. The predicted molar refractivity (Wildman–Crippen MR) is 84.1 cm³/mol. The molecule has 0 bridgehead atoms. The molecule has 0 atom stereocenters. The molecule has 3 nitrogen and oxygen atoms in total. The maximum absolute atomic E-state index is 12.4. The zero-order chi connectivity index (χ0) is 14.8. The Hall–Kier alpha value is -2.46. The first-order valence-electron chi connectivity index (χ1n) is 6.59. The largest absolute Gasteiger partial charge is 0.292 e. The lowest BCUT2D eigenvalue weighted by Gasteiger charge is -2.02. The second-order valence-corrected chi connectivity index (χ2v) is 5.83. The number of rotatable bonds is 3. The molecular formula is C17H14N2OS. The lowest BCUT2D eigenvalue weighted by molar-refractivity contribution is 0.104. The summed E-state index contributed by atoms with van der Waals surface area (Å²) in [5.41, 5.74) is 2.71. The molecule has 0 saturated carbocycles. The van der Waals surface area contributed by atoms with Crippen LogP contribution in [0.15, 0.2) is 60.8 Å². The topological polar surface area (TPSA) is 45.9 Å². The van der Waals surface area contributed by atoms with Crippen molar-refractivity contribution in [3.8, 4) is 5.69 Å². The number of thiazole rings is 1. The van der Waals surface area contributed by atoms with Crippen molar-refractivity contribution < 1.29 is 4.79 Å². The average Bonchev–Trinajstić information content (AvgIpc) is 2.90. The Bertz CT molecular complexity index is 829. The standard InChI is InChI=1S/C17H14N2OS/c1-12-7-9-14(10-8-12)19-11-15(21-17(19)18)16(20)13-5-3-2-4-6-13/h2-11,18H,1H3. The van der Waals surface area contributed by atoms with Crippen LogP contribution in [0.3, 0.4) is 0 Å². The Morgan fingerprint density at radius 2 is 1.71 bits per heavy atom. The monoisotopic (exact) mass is 294 g/mol. The first-order valence-corrected chi connectivity index (χ1v) is 7.41. The third-order valence-electron chi connectivity index (χ3n) is 3.24. The van der Waals surface area contributed by atoms with E-state index in [9.17, 15) is 4.79 Å². The summed E-state index contributed by atoms with van der Waals surface area (Å²) in [4.78, 5) is 13.3. The highest BCUT2D eigenvalue weighted by atomic mass is 32.1. The van der Waals surface area contributed by atoms with Gasteiger partial charge in [-0.15, -0.1) is 0 Å². The molecule has 2 aromatic carbocycles. The third-order valence-corrected chi connectivity index (χ3v) is 4.14. The van der Waals surface area contributed by atoms with Crippen LogP contribution in [0.1, 0.15) is 20.8 Å². The fourth-order valence-electron chi connectivity index (χ4n) is 2.09. The van der Waals surface area contributed by atoms with Gasteiger partial charge in [0.15, 0.2) is 4.80 Å². The number of carbonyl (C=O) groups excluding carboxylic acids is 1. The predicted octanol–water partition coefficient (Wildman–Crippen LogP) is 3.56. The summed E-state index contributed by atoms with van der Waals surface area (Å²) in [5, 5.41) is 8.07. The van der Waals surface area contributed by atoms with Gasteiger partial charge in [-0.3, -0.25) is 14.8 Å². The van der Waals surface area contributed by atoms with Gasteiger partial charge in [-0.1, -0.05) is 59.4 Å². The van der Waals surface area contributed by atoms with Crippen molar-refractivity contribution in [1.82, 2.24) is 4.57 Å². The lowest BCUT2D eigenvalue weighted by Crippen LogP contribution is -2.09. The van der Waals surface area contributed by atoms with Crippen molar-refractivity contribution in [2.75, 3.05) is 0 Å². The highest BCUT2D eigenvalue weighted by molar-refractivity contribution is 7.11. The SMILES string of the molecule is Cc1ccc(-n2cc(C(=O)c3ccccc3)sc2=N)cc1. The van der Waals surface area contributed by atoms with E-state index in [0.29, 0.717) is 15.2 Å². The molecule has 0 saturated heterocycles. The summed E-state index contributed by atoms with van der Waals surface area (Å²) in [6, 6.07) is 17.1. The minimum atomic E-state index is -0.0417. The summed E-state index contributed by atoms with van der Waals surface area (Å²) in [7, 11) is 0. The van der Waals surface area contributed by atoms with Crippen molar-refractivity contribution in [3.63, 3.8) is 0 Å². The Labute approximate surface area is 126 Å². The maximum atomic E-state index is 12.4. The molecule has 0 fully saturated rings. The van der Waals surface area contributed by atoms with E-state index in [4.69, 9.17) is 5.41 Å². The summed E-state index contributed by atoms with van der Waals surface area (Å²) >= 11 is 1.20. The van der Waals surface area contributed by atoms with E-state index in [1.54, 1.807) is 22.9 Å². The molecule has 3 aromatic rings. The lowest BCUT2D eigenvalue weighted by atomic mass is 10.1. The van der Waals surface area contributed by atoms with Gasteiger partial charge in [-0.2, -0.15) is 0 Å². The fraction of sp³-hybridized carbons (Fsp3) is 0.0588. The van der Waals surface area contributed by atoms with Crippen LogP contribution in [-0.2, 0) is 0 Å². The van der Waals surface area contributed by atoms with E-state index >= 15 is 0 Å². The molecule has 0 radical (unpaired) electrons. The summed E-state index contributed by atoms with van der Waals surface area (Å²) in [6.07, 6.45) is 1.74. The third kappa shape index (κ3) is 2.71. The number of hydrogen-bond donors (Lipinski definition) is 1. The van der Waals surface area contributed by atoms with E-state index in [1.165, 1.54) is 16.9 Å². The van der Waals surface area contributed by atoms with Gasteiger partial charge in [0.2, 0.25) is 5.78 Å². The van der Waals surface area contributed by atoms with Gasteiger partial charge in [0.1, 0.15) is 0 Å². The van der Waals surface area contributed by atoms with Crippen molar-refractivity contribution in [1.29, 1.82) is 5.41 Å².